The molecule has 0 spiro atoms. The normalized spacial score (nSPS) is 15.3. The van der Waals surface area contributed by atoms with Gasteiger partial charge in [0.05, 0.1) is 0 Å². The van der Waals surface area contributed by atoms with Gasteiger partial charge in [-0.15, -0.1) is 0 Å². The van der Waals surface area contributed by atoms with Crippen molar-refractivity contribution in [2.24, 2.45) is 0 Å². The van der Waals surface area contributed by atoms with Crippen LogP contribution in [0.3, 0.4) is 0 Å². The minimum Gasteiger partial charge on any atom is -0.454 e. The van der Waals surface area contributed by atoms with E-state index >= 15 is 0 Å². The molecule has 0 bridgehead atoms. The maximum atomic E-state index is 5.49. The molecule has 0 atom stereocenters. The Bertz CT molecular complexity index is 711. The molecule has 0 N–H and O–H groups in total. The first-order valence-electron chi connectivity index (χ1n) is 9.54. The summed E-state index contributed by atoms with van der Waals surface area (Å²) in [5.41, 5.74) is 5.94. The van der Waals surface area contributed by atoms with Crippen molar-refractivity contribution >= 4 is 0 Å². The summed E-state index contributed by atoms with van der Waals surface area (Å²) >= 11 is 0. The highest BCUT2D eigenvalue weighted by molar-refractivity contribution is 5.44. The van der Waals surface area contributed by atoms with Crippen molar-refractivity contribution < 1.29 is 9.47 Å². The number of hydrogen-bond donors (Lipinski definition) is 0. The maximum Gasteiger partial charge on any atom is 0.231 e. The van der Waals surface area contributed by atoms with Gasteiger partial charge in [-0.25, -0.2) is 0 Å². The average Bonchev–Trinajstić information content (AvgIpc) is 3.11. The Labute approximate surface area is 151 Å². The average molecular weight is 339 g/mol. The number of hydrogen-bond acceptors (Lipinski definition) is 3. The number of nitrogens with zero attached hydrogens (tertiary/aromatic N) is 1. The van der Waals surface area contributed by atoms with E-state index in [9.17, 15) is 0 Å². The molecular weight excluding hydrogens is 310 g/mol. The molecule has 25 heavy (non-hydrogen) atoms. The predicted molar refractivity (Wildman–Crippen MR) is 102 cm³/mol. The second-order valence-corrected chi connectivity index (χ2v) is 6.45. The summed E-state index contributed by atoms with van der Waals surface area (Å²) in [6.07, 6.45) is 3.58. The van der Waals surface area contributed by atoms with E-state index < -0.39 is 0 Å². The highest BCUT2D eigenvalue weighted by atomic mass is 16.7. The van der Waals surface area contributed by atoms with Crippen LogP contribution in [0.1, 0.15) is 49.4 Å². The predicted octanol–water partition coefficient (Wildman–Crippen LogP) is 4.95. The Balaban J connectivity index is 0.000000880. The van der Waals surface area contributed by atoms with Gasteiger partial charge in [0.25, 0.3) is 0 Å². The fourth-order valence-corrected chi connectivity index (χ4v) is 3.68. The van der Waals surface area contributed by atoms with E-state index in [4.69, 9.17) is 9.47 Å². The molecule has 0 saturated carbocycles. The summed E-state index contributed by atoms with van der Waals surface area (Å²) in [4.78, 5) is 2.52. The molecule has 0 amide bonds. The number of benzene rings is 2. The summed E-state index contributed by atoms with van der Waals surface area (Å²) in [6, 6.07) is 13.1. The van der Waals surface area contributed by atoms with Crippen LogP contribution in [0.5, 0.6) is 11.5 Å². The van der Waals surface area contributed by atoms with Crippen LogP contribution in [0.25, 0.3) is 0 Å². The van der Waals surface area contributed by atoms with E-state index in [-0.39, 0.29) is 0 Å². The highest BCUT2D eigenvalue weighted by Crippen LogP contribution is 2.33. The van der Waals surface area contributed by atoms with Crippen LogP contribution in [0.4, 0.5) is 0 Å². The van der Waals surface area contributed by atoms with Gasteiger partial charge in [-0.1, -0.05) is 51.5 Å². The van der Waals surface area contributed by atoms with Gasteiger partial charge in [-0.3, -0.25) is 4.90 Å². The number of fused-ring (bicyclic) bond motifs is 2. The Kier molecular flexibility index (Phi) is 5.98. The molecule has 134 valence electrons. The van der Waals surface area contributed by atoms with Crippen LogP contribution in [0, 0.1) is 0 Å². The fraction of sp³-hybridized carbons (Fsp3) is 0.455. The van der Waals surface area contributed by atoms with E-state index in [0.717, 1.165) is 37.6 Å². The van der Waals surface area contributed by atoms with Crippen molar-refractivity contribution in [2.45, 2.75) is 53.1 Å². The third kappa shape index (κ3) is 3.98. The van der Waals surface area contributed by atoms with Gasteiger partial charge < -0.3 is 9.47 Å². The molecule has 2 aliphatic heterocycles. The molecule has 2 aromatic carbocycles. The molecule has 4 rings (SSSR count). The van der Waals surface area contributed by atoms with Gasteiger partial charge >= 0.3 is 0 Å². The van der Waals surface area contributed by atoms with Crippen LogP contribution in [0.15, 0.2) is 36.4 Å². The molecule has 0 aliphatic carbocycles. The Morgan fingerprint density at radius 1 is 1.04 bits per heavy atom. The number of aryl methyl sites for hydroxylation is 1. The molecule has 0 saturated heterocycles. The van der Waals surface area contributed by atoms with Crippen molar-refractivity contribution in [2.75, 3.05) is 13.3 Å². The van der Waals surface area contributed by atoms with Crippen molar-refractivity contribution in [3.8, 4) is 11.5 Å². The second-order valence-electron chi connectivity index (χ2n) is 6.45. The van der Waals surface area contributed by atoms with E-state index in [1.807, 2.05) is 19.9 Å². The third-order valence-corrected chi connectivity index (χ3v) is 4.80. The summed E-state index contributed by atoms with van der Waals surface area (Å²) in [5.74, 6) is 1.74. The van der Waals surface area contributed by atoms with Gasteiger partial charge in [0.1, 0.15) is 0 Å². The van der Waals surface area contributed by atoms with Crippen molar-refractivity contribution in [3.63, 3.8) is 0 Å². The lowest BCUT2D eigenvalue weighted by Gasteiger charge is -2.30. The number of ether oxygens (including phenoxy) is 2. The van der Waals surface area contributed by atoms with Crippen LogP contribution in [-0.2, 0) is 25.9 Å². The summed E-state index contributed by atoms with van der Waals surface area (Å²) < 4.78 is 10.9. The molecule has 2 aromatic rings. The molecular formula is C22H29NO2. The monoisotopic (exact) mass is 339 g/mol. The van der Waals surface area contributed by atoms with Gasteiger partial charge in [0.2, 0.25) is 6.79 Å². The number of rotatable bonds is 4. The minimum absolute atomic E-state index is 0.343. The standard InChI is InChI=1S/C20H23NO2.C2H6/c1-2-4-16-5-3-6-17-13-21(10-9-18(16)17)12-15-7-8-19-20(11-15)23-14-22-19;1-2/h3,5-8,11H,2,4,9-10,12-14H2,1H3;1-2H3. The highest BCUT2D eigenvalue weighted by Gasteiger charge is 2.20. The van der Waals surface area contributed by atoms with Gasteiger partial charge in [-0.05, 0) is 47.2 Å². The van der Waals surface area contributed by atoms with Crippen molar-refractivity contribution in [3.05, 3.63) is 58.7 Å². The lowest BCUT2D eigenvalue weighted by Crippen LogP contribution is -2.30. The minimum atomic E-state index is 0.343. The van der Waals surface area contributed by atoms with E-state index in [1.165, 1.54) is 24.0 Å². The Hall–Kier alpha value is -2.00. The Morgan fingerprint density at radius 3 is 2.72 bits per heavy atom. The first-order chi connectivity index (χ1) is 12.3. The van der Waals surface area contributed by atoms with E-state index in [1.54, 1.807) is 11.1 Å². The quantitative estimate of drug-likeness (QED) is 0.786. The molecule has 3 nitrogen and oxygen atoms in total. The van der Waals surface area contributed by atoms with Crippen LogP contribution < -0.4 is 9.47 Å². The molecule has 3 heteroatoms. The lowest BCUT2D eigenvalue weighted by atomic mass is 9.92. The van der Waals surface area contributed by atoms with Gasteiger partial charge in [0, 0.05) is 19.6 Å². The largest absolute Gasteiger partial charge is 0.454 e. The van der Waals surface area contributed by atoms with Crippen LogP contribution in [0.2, 0.25) is 0 Å². The summed E-state index contributed by atoms with van der Waals surface area (Å²) in [7, 11) is 0. The SMILES string of the molecule is CC.CCCc1cccc2c1CCN(Cc1ccc3c(c1)OCO3)C2. The van der Waals surface area contributed by atoms with Crippen molar-refractivity contribution in [1.29, 1.82) is 0 Å². The van der Waals surface area contributed by atoms with E-state index in [2.05, 4.69) is 42.2 Å². The molecule has 0 radical (unpaired) electrons. The van der Waals surface area contributed by atoms with E-state index in [0.29, 0.717) is 6.79 Å². The van der Waals surface area contributed by atoms with Crippen LogP contribution >= 0.6 is 0 Å². The molecule has 0 aromatic heterocycles. The molecule has 2 heterocycles. The second kappa shape index (κ2) is 8.39. The topological polar surface area (TPSA) is 21.7 Å². The molecule has 0 unspecified atom stereocenters. The zero-order chi connectivity index (χ0) is 17.6. The summed E-state index contributed by atoms with van der Waals surface area (Å²) in [5, 5.41) is 0. The third-order valence-electron chi connectivity index (χ3n) is 4.80. The molecule has 0 fully saturated rings. The van der Waals surface area contributed by atoms with Gasteiger partial charge in [0.15, 0.2) is 11.5 Å². The molecule has 2 aliphatic rings. The van der Waals surface area contributed by atoms with Gasteiger partial charge in [-0.2, -0.15) is 0 Å². The smallest absolute Gasteiger partial charge is 0.231 e. The zero-order valence-electron chi connectivity index (χ0n) is 15.7. The lowest BCUT2D eigenvalue weighted by molar-refractivity contribution is 0.174. The van der Waals surface area contributed by atoms with Crippen LogP contribution in [-0.4, -0.2) is 18.2 Å². The first-order valence-corrected chi connectivity index (χ1v) is 9.54. The Morgan fingerprint density at radius 2 is 1.88 bits per heavy atom. The zero-order valence-corrected chi connectivity index (χ0v) is 15.7. The summed E-state index contributed by atoms with van der Waals surface area (Å²) in [6.45, 7) is 9.74. The maximum absolute atomic E-state index is 5.49. The first kappa shape index (κ1) is 17.8. The van der Waals surface area contributed by atoms with Crippen molar-refractivity contribution in [1.82, 2.24) is 4.90 Å². The fourth-order valence-electron chi connectivity index (χ4n) is 3.68.